The number of hydrogen-bond donors (Lipinski definition) is 1. The van der Waals surface area contributed by atoms with Gasteiger partial charge in [-0.05, 0) is 37.2 Å². The fourth-order valence-corrected chi connectivity index (χ4v) is 3.78. The van der Waals surface area contributed by atoms with Crippen molar-refractivity contribution in [2.24, 2.45) is 5.92 Å². The maximum absolute atomic E-state index is 10.1. The Bertz CT molecular complexity index is 715. The molecule has 1 N–H and O–H groups in total. The lowest BCUT2D eigenvalue weighted by Crippen LogP contribution is -2.18. The highest BCUT2D eigenvalue weighted by Crippen LogP contribution is 2.19. The van der Waals surface area contributed by atoms with Gasteiger partial charge in [-0.1, -0.05) is 96.4 Å². The third-order valence-electron chi connectivity index (χ3n) is 6.29. The van der Waals surface area contributed by atoms with E-state index in [1.165, 1.54) is 56.9 Å². The average molecular weight is 441 g/mol. The van der Waals surface area contributed by atoms with Gasteiger partial charge in [-0.3, -0.25) is 0 Å². The van der Waals surface area contributed by atoms with Crippen LogP contribution < -0.4 is 4.74 Å². The second kappa shape index (κ2) is 15.8. The summed E-state index contributed by atoms with van der Waals surface area (Å²) in [6.07, 6.45) is 17.8. The Labute approximate surface area is 195 Å². The molecule has 0 aliphatic heterocycles. The first-order valence-corrected chi connectivity index (χ1v) is 12.8. The molecular formula is C28H44N2O2. The highest BCUT2D eigenvalue weighted by molar-refractivity contribution is 5.55. The maximum atomic E-state index is 10.1. The van der Waals surface area contributed by atoms with Gasteiger partial charge in [-0.25, -0.2) is 9.97 Å². The van der Waals surface area contributed by atoms with Gasteiger partial charge in [0.1, 0.15) is 6.61 Å². The molecule has 0 saturated heterocycles. The van der Waals surface area contributed by atoms with E-state index in [2.05, 4.69) is 55.0 Å². The molecule has 0 unspecified atom stereocenters. The Kier molecular flexibility index (Phi) is 13.0. The molecule has 4 nitrogen and oxygen atoms in total. The van der Waals surface area contributed by atoms with Crippen molar-refractivity contribution in [2.45, 2.75) is 104 Å². The van der Waals surface area contributed by atoms with E-state index in [0.29, 0.717) is 17.5 Å². The van der Waals surface area contributed by atoms with Crippen molar-refractivity contribution in [3.63, 3.8) is 0 Å². The van der Waals surface area contributed by atoms with Crippen molar-refractivity contribution in [2.75, 3.05) is 6.61 Å². The van der Waals surface area contributed by atoms with E-state index in [0.717, 1.165) is 31.2 Å². The summed E-state index contributed by atoms with van der Waals surface area (Å²) in [6.45, 7) is 6.94. The number of ether oxygens (including phenoxy) is 1. The Morgan fingerprint density at radius 3 is 2.09 bits per heavy atom. The van der Waals surface area contributed by atoms with Crippen molar-refractivity contribution in [1.82, 2.24) is 9.97 Å². The second-order valence-corrected chi connectivity index (χ2v) is 9.22. The lowest BCUT2D eigenvalue weighted by Gasteiger charge is -2.14. The van der Waals surface area contributed by atoms with E-state index in [1.807, 2.05) is 0 Å². The van der Waals surface area contributed by atoms with Gasteiger partial charge in [0.15, 0.2) is 11.6 Å². The lowest BCUT2D eigenvalue weighted by atomic mass is 10.0. The Morgan fingerprint density at radius 1 is 0.844 bits per heavy atom. The topological polar surface area (TPSA) is 55.2 Å². The standard InChI is InChI=1S/C28H44N2O2/c1-4-6-7-8-9-10-11-12-13-24-15-17-25(18-16-24)28-29-20-27(21-30-28)32-22-26(31)19-14-23(3)5-2/h15-18,20-21,23,26,31H,4-14,19,22H2,1-3H3/t23-,26+/m0/s1. The van der Waals surface area contributed by atoms with Crippen LogP contribution >= 0.6 is 0 Å². The highest BCUT2D eigenvalue weighted by Gasteiger charge is 2.09. The van der Waals surface area contributed by atoms with Crippen LogP contribution in [0.4, 0.5) is 0 Å². The van der Waals surface area contributed by atoms with Crippen LogP contribution in [0.3, 0.4) is 0 Å². The van der Waals surface area contributed by atoms with Crippen LogP contribution in [0.25, 0.3) is 11.4 Å². The first-order valence-electron chi connectivity index (χ1n) is 12.8. The number of rotatable bonds is 17. The number of aromatic nitrogens is 2. The summed E-state index contributed by atoms with van der Waals surface area (Å²) in [5.74, 6) is 1.94. The number of aliphatic hydroxyl groups excluding tert-OH is 1. The smallest absolute Gasteiger partial charge is 0.159 e. The molecule has 0 spiro atoms. The molecule has 0 aliphatic rings. The predicted molar refractivity (Wildman–Crippen MR) is 134 cm³/mol. The molecule has 2 rings (SSSR count). The van der Waals surface area contributed by atoms with Gasteiger partial charge >= 0.3 is 0 Å². The van der Waals surface area contributed by atoms with Gasteiger partial charge in [-0.15, -0.1) is 0 Å². The molecule has 4 heteroatoms. The lowest BCUT2D eigenvalue weighted by molar-refractivity contribution is 0.0938. The normalized spacial score (nSPS) is 13.1. The van der Waals surface area contributed by atoms with E-state index in [1.54, 1.807) is 12.4 Å². The van der Waals surface area contributed by atoms with E-state index >= 15 is 0 Å². The number of aliphatic hydroxyl groups is 1. The second-order valence-electron chi connectivity index (χ2n) is 9.22. The molecule has 0 amide bonds. The van der Waals surface area contributed by atoms with Crippen LogP contribution in [0, 0.1) is 5.92 Å². The van der Waals surface area contributed by atoms with Crippen molar-refractivity contribution < 1.29 is 9.84 Å². The minimum Gasteiger partial charge on any atom is -0.488 e. The molecule has 2 atom stereocenters. The summed E-state index contributed by atoms with van der Waals surface area (Å²) < 4.78 is 5.66. The van der Waals surface area contributed by atoms with E-state index in [9.17, 15) is 5.11 Å². The van der Waals surface area contributed by atoms with Crippen molar-refractivity contribution in [1.29, 1.82) is 0 Å². The molecule has 1 aromatic carbocycles. The first-order chi connectivity index (χ1) is 15.6. The van der Waals surface area contributed by atoms with Crippen LogP contribution in [0.1, 0.15) is 97.0 Å². The average Bonchev–Trinajstić information content (AvgIpc) is 2.83. The number of unbranched alkanes of at least 4 members (excludes halogenated alkanes) is 7. The molecule has 32 heavy (non-hydrogen) atoms. The zero-order valence-electron chi connectivity index (χ0n) is 20.6. The summed E-state index contributed by atoms with van der Waals surface area (Å²) in [6, 6.07) is 8.60. The van der Waals surface area contributed by atoms with Gasteiger partial charge < -0.3 is 9.84 Å². The summed E-state index contributed by atoms with van der Waals surface area (Å²) in [5.41, 5.74) is 2.40. The SMILES string of the molecule is CCCCCCCCCCc1ccc(-c2ncc(OC[C@H](O)CC[C@@H](C)CC)cn2)cc1. The van der Waals surface area contributed by atoms with Crippen LogP contribution in [0.15, 0.2) is 36.7 Å². The summed E-state index contributed by atoms with van der Waals surface area (Å²) in [4.78, 5) is 8.89. The van der Waals surface area contributed by atoms with Crippen molar-refractivity contribution in [3.8, 4) is 17.1 Å². The number of hydrogen-bond acceptors (Lipinski definition) is 4. The van der Waals surface area contributed by atoms with Crippen LogP contribution in [-0.2, 0) is 6.42 Å². The third kappa shape index (κ3) is 10.6. The maximum Gasteiger partial charge on any atom is 0.159 e. The molecule has 0 radical (unpaired) electrons. The molecule has 0 fully saturated rings. The molecular weight excluding hydrogens is 396 g/mol. The zero-order chi connectivity index (χ0) is 23.0. The van der Waals surface area contributed by atoms with Crippen molar-refractivity contribution in [3.05, 3.63) is 42.2 Å². The largest absolute Gasteiger partial charge is 0.488 e. The van der Waals surface area contributed by atoms with Gasteiger partial charge in [0, 0.05) is 5.56 Å². The van der Waals surface area contributed by atoms with E-state index in [4.69, 9.17) is 4.74 Å². The Hall–Kier alpha value is -1.94. The fraction of sp³-hybridized carbons (Fsp3) is 0.643. The van der Waals surface area contributed by atoms with Gasteiger partial charge in [-0.2, -0.15) is 0 Å². The summed E-state index contributed by atoms with van der Waals surface area (Å²) in [5, 5.41) is 10.1. The number of aryl methyl sites for hydroxylation is 1. The molecule has 178 valence electrons. The Balaban J connectivity index is 1.69. The van der Waals surface area contributed by atoms with Gasteiger partial charge in [0.25, 0.3) is 0 Å². The monoisotopic (exact) mass is 440 g/mol. The molecule has 2 aromatic rings. The molecule has 0 saturated carbocycles. The van der Waals surface area contributed by atoms with Gasteiger partial charge in [0.05, 0.1) is 18.5 Å². The predicted octanol–water partition coefficient (Wildman–Crippen LogP) is 7.39. The summed E-state index contributed by atoms with van der Waals surface area (Å²) in [7, 11) is 0. The number of benzene rings is 1. The number of nitrogens with zero attached hydrogens (tertiary/aromatic N) is 2. The van der Waals surface area contributed by atoms with Gasteiger partial charge in [0.2, 0.25) is 0 Å². The van der Waals surface area contributed by atoms with E-state index < -0.39 is 6.10 Å². The molecule has 0 bridgehead atoms. The highest BCUT2D eigenvalue weighted by atomic mass is 16.5. The Morgan fingerprint density at radius 2 is 1.47 bits per heavy atom. The first kappa shape index (κ1) is 26.3. The molecule has 0 aliphatic carbocycles. The van der Waals surface area contributed by atoms with Crippen LogP contribution in [-0.4, -0.2) is 27.8 Å². The van der Waals surface area contributed by atoms with Crippen LogP contribution in [0.5, 0.6) is 5.75 Å². The fourth-order valence-electron chi connectivity index (χ4n) is 3.78. The van der Waals surface area contributed by atoms with Crippen molar-refractivity contribution >= 4 is 0 Å². The minimum atomic E-state index is -0.447. The molecule has 1 heterocycles. The van der Waals surface area contributed by atoms with Crippen LogP contribution in [0.2, 0.25) is 0 Å². The third-order valence-corrected chi connectivity index (χ3v) is 6.29. The summed E-state index contributed by atoms with van der Waals surface area (Å²) >= 11 is 0. The van der Waals surface area contributed by atoms with E-state index in [-0.39, 0.29) is 6.61 Å². The quantitative estimate of drug-likeness (QED) is 0.260. The minimum absolute atomic E-state index is 0.284. The zero-order valence-corrected chi connectivity index (χ0v) is 20.6. The molecule has 1 aromatic heterocycles.